The van der Waals surface area contributed by atoms with Crippen LogP contribution in [-0.2, 0) is 23.7 Å². The third-order valence-corrected chi connectivity index (χ3v) is 9.61. The summed E-state index contributed by atoms with van der Waals surface area (Å²) in [6.45, 7) is 1.09. The molecule has 0 bridgehead atoms. The van der Waals surface area contributed by atoms with E-state index >= 15 is 0 Å². The Morgan fingerprint density at radius 2 is 1.29 bits per heavy atom. The molecule has 0 radical (unpaired) electrons. The minimum absolute atomic E-state index is 0.0182. The van der Waals surface area contributed by atoms with Crippen LogP contribution >= 0.6 is 0 Å². The first-order valence-electron chi connectivity index (χ1n) is 14.8. The molecular formula is C27H46O14. The van der Waals surface area contributed by atoms with Gasteiger partial charge in [-0.2, -0.15) is 0 Å². The molecule has 238 valence electrons. The van der Waals surface area contributed by atoms with E-state index in [1.807, 2.05) is 0 Å². The molecule has 0 aromatic heterocycles. The van der Waals surface area contributed by atoms with Gasteiger partial charge in [-0.25, -0.2) is 0 Å². The minimum Gasteiger partial charge on any atom is -0.393 e. The normalized spacial score (nSPS) is 54.9. The SMILES string of the molecule is C[C@@H]1O[C@@H](OC[C@H]2O[C@@H](OC3CC4C(O)CC(O)CC4OC3C3CCC(O)CC3)[C@H](O)[C@@H](O)[C@@H]2O)[C@H](O)[C@H](O)[C@H]1O. The van der Waals surface area contributed by atoms with Crippen LogP contribution in [-0.4, -0.2) is 151 Å². The van der Waals surface area contributed by atoms with Crippen molar-refractivity contribution in [1.29, 1.82) is 0 Å². The molecule has 2 aliphatic carbocycles. The molecule has 6 unspecified atom stereocenters. The van der Waals surface area contributed by atoms with E-state index < -0.39 is 92.4 Å². The third-order valence-electron chi connectivity index (χ3n) is 9.61. The van der Waals surface area contributed by atoms with Crippen molar-refractivity contribution in [2.75, 3.05) is 6.61 Å². The Balaban J connectivity index is 1.28. The molecule has 14 nitrogen and oxygen atoms in total. The zero-order valence-electron chi connectivity index (χ0n) is 23.1. The third kappa shape index (κ3) is 6.76. The van der Waals surface area contributed by atoms with E-state index in [1.54, 1.807) is 0 Å². The second kappa shape index (κ2) is 13.2. The molecule has 2 saturated carbocycles. The quantitative estimate of drug-likeness (QED) is 0.148. The van der Waals surface area contributed by atoms with Gasteiger partial charge in [0, 0.05) is 5.92 Å². The average Bonchev–Trinajstić information content (AvgIpc) is 2.94. The standard InChI is InChI=1S/C27H46O14/c1-10-19(31)21(33)23(35)26(38-10)37-9-18-20(32)22(34)24(36)27(41-18)40-17-8-14-15(30)6-13(29)7-16(14)39-25(17)11-2-4-12(28)5-3-11/h10-36H,2-9H2,1H3/t10-,11?,12?,13?,14?,15?,16?,17?,18+,19-,20+,21+,22-,23+,24+,25?,26+,27+/m0/s1. The van der Waals surface area contributed by atoms with Crippen molar-refractivity contribution in [3.05, 3.63) is 0 Å². The summed E-state index contributed by atoms with van der Waals surface area (Å²) in [7, 11) is 0. The lowest BCUT2D eigenvalue weighted by Gasteiger charge is -2.51. The zero-order chi connectivity index (χ0) is 29.6. The van der Waals surface area contributed by atoms with Gasteiger partial charge in [0.1, 0.15) is 42.7 Å². The maximum absolute atomic E-state index is 10.8. The van der Waals surface area contributed by atoms with E-state index in [0.29, 0.717) is 38.5 Å². The number of aliphatic hydroxyl groups is 9. The highest BCUT2D eigenvalue weighted by atomic mass is 16.7. The summed E-state index contributed by atoms with van der Waals surface area (Å²) in [6.07, 6.45) is -14.0. The lowest BCUT2D eigenvalue weighted by molar-refractivity contribution is -0.345. The Kier molecular flexibility index (Phi) is 10.3. The second-order valence-electron chi connectivity index (χ2n) is 12.5. The van der Waals surface area contributed by atoms with E-state index in [4.69, 9.17) is 23.7 Å². The van der Waals surface area contributed by atoms with Gasteiger partial charge in [-0.05, 0) is 57.8 Å². The fourth-order valence-corrected chi connectivity index (χ4v) is 7.06. The number of aliphatic hydroxyl groups excluding tert-OH is 9. The molecule has 16 atom stereocenters. The first-order valence-corrected chi connectivity index (χ1v) is 14.8. The number of rotatable bonds is 6. The predicted octanol–water partition coefficient (Wildman–Crippen LogP) is -3.14. The lowest BCUT2D eigenvalue weighted by atomic mass is 9.73. The Morgan fingerprint density at radius 3 is 2.00 bits per heavy atom. The monoisotopic (exact) mass is 594 g/mol. The second-order valence-corrected chi connectivity index (χ2v) is 12.5. The van der Waals surface area contributed by atoms with E-state index in [2.05, 4.69) is 0 Å². The molecule has 0 aromatic rings. The van der Waals surface area contributed by atoms with Crippen molar-refractivity contribution < 1.29 is 69.6 Å². The highest BCUT2D eigenvalue weighted by molar-refractivity contribution is 4.98. The van der Waals surface area contributed by atoms with Crippen molar-refractivity contribution in [2.24, 2.45) is 11.8 Å². The van der Waals surface area contributed by atoms with E-state index in [1.165, 1.54) is 6.92 Å². The molecule has 0 aromatic carbocycles. The molecule has 3 heterocycles. The average molecular weight is 595 g/mol. The van der Waals surface area contributed by atoms with Crippen LogP contribution in [0.5, 0.6) is 0 Å². The van der Waals surface area contributed by atoms with Crippen molar-refractivity contribution in [3.8, 4) is 0 Å². The summed E-state index contributed by atoms with van der Waals surface area (Å²) in [5.41, 5.74) is 0. The fraction of sp³-hybridized carbons (Fsp3) is 1.00. The fourth-order valence-electron chi connectivity index (χ4n) is 7.06. The molecule has 5 aliphatic rings. The van der Waals surface area contributed by atoms with Crippen LogP contribution < -0.4 is 0 Å². The Hall–Kier alpha value is -0.560. The Bertz CT molecular complexity index is 843. The molecule has 14 heteroatoms. The van der Waals surface area contributed by atoms with Gasteiger partial charge in [-0.3, -0.25) is 0 Å². The summed E-state index contributed by atoms with van der Waals surface area (Å²) in [4.78, 5) is 0. The van der Waals surface area contributed by atoms with Crippen molar-refractivity contribution in [2.45, 2.75) is 150 Å². The first-order chi connectivity index (χ1) is 19.4. The Labute approximate surface area is 238 Å². The predicted molar refractivity (Wildman–Crippen MR) is 136 cm³/mol. The summed E-state index contributed by atoms with van der Waals surface area (Å²) in [6, 6.07) is 0. The van der Waals surface area contributed by atoms with Crippen LogP contribution in [0.1, 0.15) is 51.9 Å². The molecule has 0 amide bonds. The van der Waals surface area contributed by atoms with E-state index in [-0.39, 0.29) is 30.5 Å². The van der Waals surface area contributed by atoms with Crippen molar-refractivity contribution in [1.82, 2.24) is 0 Å². The number of hydrogen-bond donors (Lipinski definition) is 9. The van der Waals surface area contributed by atoms with Gasteiger partial charge >= 0.3 is 0 Å². The van der Waals surface area contributed by atoms with E-state index in [0.717, 1.165) is 0 Å². The summed E-state index contributed by atoms with van der Waals surface area (Å²) < 4.78 is 29.5. The van der Waals surface area contributed by atoms with Crippen LogP contribution in [0.25, 0.3) is 0 Å². The highest BCUT2D eigenvalue weighted by Gasteiger charge is 2.52. The summed E-state index contributed by atoms with van der Waals surface area (Å²) >= 11 is 0. The summed E-state index contributed by atoms with van der Waals surface area (Å²) in [5, 5.41) is 93.2. The summed E-state index contributed by atoms with van der Waals surface area (Å²) in [5.74, 6) is -0.303. The lowest BCUT2D eigenvalue weighted by Crippen LogP contribution is -2.63. The van der Waals surface area contributed by atoms with Crippen LogP contribution in [0.15, 0.2) is 0 Å². The maximum atomic E-state index is 10.8. The van der Waals surface area contributed by atoms with Crippen molar-refractivity contribution in [3.63, 3.8) is 0 Å². The van der Waals surface area contributed by atoms with Gasteiger partial charge in [0.05, 0.1) is 49.3 Å². The van der Waals surface area contributed by atoms with Crippen molar-refractivity contribution >= 4 is 0 Å². The largest absolute Gasteiger partial charge is 0.393 e. The molecular weight excluding hydrogens is 548 g/mol. The van der Waals surface area contributed by atoms with Crippen LogP contribution in [0.2, 0.25) is 0 Å². The number of ether oxygens (including phenoxy) is 5. The van der Waals surface area contributed by atoms with Gasteiger partial charge in [0.15, 0.2) is 12.6 Å². The molecule has 9 N–H and O–H groups in total. The molecule has 3 aliphatic heterocycles. The molecule has 5 fully saturated rings. The smallest absolute Gasteiger partial charge is 0.187 e. The molecule has 41 heavy (non-hydrogen) atoms. The van der Waals surface area contributed by atoms with Crippen LogP contribution in [0.4, 0.5) is 0 Å². The topological polar surface area (TPSA) is 228 Å². The highest BCUT2D eigenvalue weighted by Crippen LogP contribution is 2.43. The minimum atomic E-state index is -1.66. The number of fused-ring (bicyclic) bond motifs is 1. The van der Waals surface area contributed by atoms with Crippen LogP contribution in [0.3, 0.4) is 0 Å². The van der Waals surface area contributed by atoms with Crippen LogP contribution in [0, 0.1) is 11.8 Å². The maximum Gasteiger partial charge on any atom is 0.187 e. The van der Waals surface area contributed by atoms with Gasteiger partial charge in [0.2, 0.25) is 0 Å². The van der Waals surface area contributed by atoms with Gasteiger partial charge in [-0.1, -0.05) is 0 Å². The Morgan fingerprint density at radius 1 is 0.634 bits per heavy atom. The van der Waals surface area contributed by atoms with Gasteiger partial charge in [-0.15, -0.1) is 0 Å². The van der Waals surface area contributed by atoms with E-state index in [9.17, 15) is 46.0 Å². The number of hydrogen-bond acceptors (Lipinski definition) is 14. The molecule has 0 spiro atoms. The van der Waals surface area contributed by atoms with Gasteiger partial charge in [0.25, 0.3) is 0 Å². The zero-order valence-corrected chi connectivity index (χ0v) is 23.1. The molecule has 5 rings (SSSR count). The molecule has 3 saturated heterocycles. The van der Waals surface area contributed by atoms with Gasteiger partial charge < -0.3 is 69.6 Å². The first kappa shape index (κ1) is 31.9.